The molecular formula is C48H49N7O5. The molecule has 7 rings (SSSR count). The van der Waals surface area contributed by atoms with Crippen LogP contribution in [0.1, 0.15) is 87.8 Å². The van der Waals surface area contributed by atoms with Crippen molar-refractivity contribution in [2.75, 3.05) is 20.6 Å². The summed E-state index contributed by atoms with van der Waals surface area (Å²) in [5.41, 5.74) is 10.8. The average molecular weight is 804 g/mol. The molecule has 1 unspecified atom stereocenters. The molecule has 1 fully saturated rings. The SMILES string of the molecule is CN(Cc1c(C#CCCNC=O)cccc1C=O)C1CCC(=O)NC1=O.CNC(=O)c1c(C)[nH]c2c(C(C)C)cc(-c3cccc4cc(-c5ccc(C)nc5)ncc34)cc12. The van der Waals surface area contributed by atoms with E-state index in [0.29, 0.717) is 61.4 Å². The lowest BCUT2D eigenvalue weighted by atomic mass is 9.91. The minimum Gasteiger partial charge on any atom is -0.358 e. The number of carbonyl (C=O) groups excluding carboxylic acids is 5. The molecule has 0 spiro atoms. The first-order chi connectivity index (χ1) is 28.9. The number of imide groups is 1. The summed E-state index contributed by atoms with van der Waals surface area (Å²) >= 11 is 0. The maximum absolute atomic E-state index is 12.7. The summed E-state index contributed by atoms with van der Waals surface area (Å²) < 4.78 is 0. The second kappa shape index (κ2) is 19.2. The van der Waals surface area contributed by atoms with Crippen LogP contribution in [0.4, 0.5) is 0 Å². The molecule has 1 aliphatic rings. The van der Waals surface area contributed by atoms with E-state index in [1.807, 2.05) is 43.3 Å². The largest absolute Gasteiger partial charge is 0.358 e. The number of hydrogen-bond donors (Lipinski definition) is 4. The Morgan fingerprint density at radius 3 is 2.48 bits per heavy atom. The Hall–Kier alpha value is -6.97. The highest BCUT2D eigenvalue weighted by Gasteiger charge is 2.30. The van der Waals surface area contributed by atoms with Crippen LogP contribution in [0.3, 0.4) is 0 Å². The van der Waals surface area contributed by atoms with Gasteiger partial charge in [-0.15, -0.1) is 0 Å². The number of amides is 4. The smallest absolute Gasteiger partial charge is 0.253 e. The molecule has 0 saturated carbocycles. The van der Waals surface area contributed by atoms with E-state index in [1.165, 1.54) is 5.56 Å². The Morgan fingerprint density at radius 2 is 1.78 bits per heavy atom. The van der Waals surface area contributed by atoms with Gasteiger partial charge in [0.2, 0.25) is 18.2 Å². The van der Waals surface area contributed by atoms with E-state index in [1.54, 1.807) is 26.2 Å². The van der Waals surface area contributed by atoms with E-state index in [4.69, 9.17) is 4.98 Å². The zero-order valence-corrected chi connectivity index (χ0v) is 34.7. The first-order valence-corrected chi connectivity index (χ1v) is 19.9. The van der Waals surface area contributed by atoms with Crippen molar-refractivity contribution in [3.63, 3.8) is 0 Å². The fraction of sp³-hybridized carbons (Fsp3) is 0.271. The molecule has 3 aromatic carbocycles. The maximum atomic E-state index is 12.7. The van der Waals surface area contributed by atoms with Crippen LogP contribution in [0.25, 0.3) is 44.1 Å². The van der Waals surface area contributed by atoms with Crippen molar-refractivity contribution >= 4 is 52.1 Å². The standard InChI is InChI=1S/C29H28N4O.C19H21N3O4/c1-16(2)23-11-21(12-24-27(29(34)30-5)18(4)33-28(23)24)22-8-6-7-19-13-26(32-15-25(19)22)20-10-9-17(3)31-14-20;1-22(17-8-9-18(25)21-19(17)26)11-16-14(5-2-3-10-20-13-24)6-4-7-15(16)12-23/h6-16,33H,1-5H3,(H,30,34);4,6-7,12-13,17H,3,8-11H2,1H3,(H,20,24)(H,21,25,26). The third kappa shape index (κ3) is 9.49. The molecular weight excluding hydrogens is 755 g/mol. The topological polar surface area (TPSA) is 166 Å². The molecule has 0 aliphatic carbocycles. The van der Waals surface area contributed by atoms with Crippen molar-refractivity contribution in [3.05, 3.63) is 118 Å². The number of rotatable bonds is 11. The Labute approximate surface area is 349 Å². The van der Waals surface area contributed by atoms with Crippen LogP contribution >= 0.6 is 0 Å². The van der Waals surface area contributed by atoms with Gasteiger partial charge in [0.05, 0.1) is 17.3 Å². The number of aryl methyl sites for hydroxylation is 2. The van der Waals surface area contributed by atoms with E-state index >= 15 is 0 Å². The molecule has 0 bridgehead atoms. The monoisotopic (exact) mass is 803 g/mol. The van der Waals surface area contributed by atoms with Gasteiger partial charge in [-0.25, -0.2) is 0 Å². The number of carbonyl (C=O) groups is 5. The number of aromatic nitrogens is 3. The lowest BCUT2D eigenvalue weighted by Gasteiger charge is -2.30. The second-order valence-corrected chi connectivity index (χ2v) is 15.1. The summed E-state index contributed by atoms with van der Waals surface area (Å²) in [6, 6.07) is 21.7. The van der Waals surface area contributed by atoms with Crippen molar-refractivity contribution in [2.45, 2.75) is 65.5 Å². The van der Waals surface area contributed by atoms with Crippen LogP contribution in [0.2, 0.25) is 0 Å². The Balaban J connectivity index is 0.000000209. The van der Waals surface area contributed by atoms with Crippen molar-refractivity contribution in [1.29, 1.82) is 0 Å². The molecule has 0 radical (unpaired) electrons. The molecule has 12 heteroatoms. The molecule has 3 aromatic heterocycles. The Morgan fingerprint density at radius 1 is 0.983 bits per heavy atom. The number of piperidine rings is 1. The van der Waals surface area contributed by atoms with Crippen molar-refractivity contribution < 1.29 is 24.0 Å². The van der Waals surface area contributed by atoms with Crippen LogP contribution in [0, 0.1) is 25.7 Å². The van der Waals surface area contributed by atoms with Crippen LogP contribution < -0.4 is 16.0 Å². The van der Waals surface area contributed by atoms with Gasteiger partial charge in [0.1, 0.15) is 6.29 Å². The van der Waals surface area contributed by atoms with Gasteiger partial charge in [0.15, 0.2) is 0 Å². The van der Waals surface area contributed by atoms with E-state index in [2.05, 4.69) is 94.1 Å². The molecule has 1 aliphatic heterocycles. The average Bonchev–Trinajstić information content (AvgIpc) is 3.58. The number of nitrogens with zero attached hydrogens (tertiary/aromatic N) is 3. The molecule has 12 nitrogen and oxygen atoms in total. The van der Waals surface area contributed by atoms with Gasteiger partial charge >= 0.3 is 0 Å². The van der Waals surface area contributed by atoms with Crippen molar-refractivity contribution in [2.24, 2.45) is 0 Å². The van der Waals surface area contributed by atoms with Crippen molar-refractivity contribution in [1.82, 2.24) is 35.8 Å². The van der Waals surface area contributed by atoms with Crippen LogP contribution in [0.5, 0.6) is 0 Å². The molecule has 4 N–H and O–H groups in total. The summed E-state index contributed by atoms with van der Waals surface area (Å²) in [5, 5.41) is 10.8. The highest BCUT2D eigenvalue weighted by atomic mass is 16.2. The van der Waals surface area contributed by atoms with Gasteiger partial charge in [0.25, 0.3) is 5.91 Å². The Kier molecular flexibility index (Phi) is 13.6. The molecule has 4 heterocycles. The van der Waals surface area contributed by atoms with E-state index in [0.717, 1.165) is 67.3 Å². The zero-order chi connectivity index (χ0) is 42.9. The third-order valence-corrected chi connectivity index (χ3v) is 10.7. The van der Waals surface area contributed by atoms with E-state index in [9.17, 15) is 24.0 Å². The summed E-state index contributed by atoms with van der Waals surface area (Å²) in [5.74, 6) is 5.63. The molecule has 306 valence electrons. The molecule has 6 aromatic rings. The number of aromatic amines is 1. The number of pyridine rings is 2. The van der Waals surface area contributed by atoms with Gasteiger partial charge in [0, 0.05) is 89.7 Å². The fourth-order valence-corrected chi connectivity index (χ4v) is 7.50. The highest BCUT2D eigenvalue weighted by Crippen LogP contribution is 2.37. The fourth-order valence-electron chi connectivity index (χ4n) is 7.50. The van der Waals surface area contributed by atoms with Gasteiger partial charge in [-0.2, -0.15) is 0 Å². The van der Waals surface area contributed by atoms with Gasteiger partial charge < -0.3 is 15.6 Å². The van der Waals surface area contributed by atoms with Gasteiger partial charge in [-0.05, 0) is 97.3 Å². The Bertz CT molecular complexity index is 2650. The highest BCUT2D eigenvalue weighted by molar-refractivity contribution is 6.10. The summed E-state index contributed by atoms with van der Waals surface area (Å²) in [4.78, 5) is 72.2. The minimum absolute atomic E-state index is 0.0773. The number of fused-ring (bicyclic) bond motifs is 2. The number of hydrogen-bond acceptors (Lipinski definition) is 8. The lowest BCUT2D eigenvalue weighted by molar-refractivity contribution is -0.137. The first kappa shape index (κ1) is 42.6. The molecule has 1 saturated heterocycles. The van der Waals surface area contributed by atoms with Gasteiger partial charge in [-0.3, -0.25) is 44.2 Å². The van der Waals surface area contributed by atoms with E-state index in [-0.39, 0.29) is 17.7 Å². The maximum Gasteiger partial charge on any atom is 0.253 e. The molecule has 1 atom stereocenters. The first-order valence-electron chi connectivity index (χ1n) is 19.9. The normalized spacial score (nSPS) is 13.6. The minimum atomic E-state index is -0.426. The second-order valence-electron chi connectivity index (χ2n) is 15.1. The number of H-pyrrole nitrogens is 1. The number of nitrogens with one attached hydrogen (secondary N) is 4. The van der Waals surface area contributed by atoms with Crippen molar-refractivity contribution in [3.8, 4) is 34.2 Å². The molecule has 60 heavy (non-hydrogen) atoms. The zero-order valence-electron chi connectivity index (χ0n) is 34.7. The van der Waals surface area contributed by atoms with Crippen LogP contribution in [-0.2, 0) is 20.9 Å². The summed E-state index contributed by atoms with van der Waals surface area (Å²) in [7, 11) is 3.46. The predicted octanol–water partition coefficient (Wildman–Crippen LogP) is 6.77. The number of aldehydes is 1. The molecule has 4 amide bonds. The third-order valence-electron chi connectivity index (χ3n) is 10.7. The van der Waals surface area contributed by atoms with Gasteiger partial charge in [-0.1, -0.05) is 56.0 Å². The van der Waals surface area contributed by atoms with Crippen LogP contribution in [0.15, 0.2) is 79.1 Å². The predicted molar refractivity (Wildman–Crippen MR) is 234 cm³/mol. The lowest BCUT2D eigenvalue weighted by Crippen LogP contribution is -2.51. The quantitative estimate of drug-likeness (QED) is 0.0482. The number of benzene rings is 3. The summed E-state index contributed by atoms with van der Waals surface area (Å²) in [6.45, 7) is 9.11. The van der Waals surface area contributed by atoms with E-state index < -0.39 is 6.04 Å². The number of likely N-dealkylation sites (N-methyl/N-ethyl adjacent to an activating group) is 1. The van der Waals surface area contributed by atoms with Crippen LogP contribution in [-0.4, -0.2) is 77.0 Å². The summed E-state index contributed by atoms with van der Waals surface area (Å²) in [6.07, 6.45) is 6.44.